The number of amides is 2. The van der Waals surface area contributed by atoms with E-state index in [9.17, 15) is 18.0 Å². The molecule has 19 heavy (non-hydrogen) atoms. The minimum Gasteiger partial charge on any atom is -0.273 e. The Bertz CT molecular complexity index is 461. The Balaban J connectivity index is 2.00. The normalized spacial score (nSPS) is 25.5. The van der Waals surface area contributed by atoms with Crippen molar-refractivity contribution in [2.75, 3.05) is 24.6 Å². The van der Waals surface area contributed by atoms with Gasteiger partial charge in [-0.1, -0.05) is 25.1 Å². The molecule has 0 aromatic heterocycles. The fourth-order valence-electron chi connectivity index (χ4n) is 2.35. The first kappa shape index (κ1) is 14.8. The number of hydrogen-bond acceptors (Lipinski definition) is 5. The van der Waals surface area contributed by atoms with Gasteiger partial charge in [0.1, 0.15) is 0 Å². The van der Waals surface area contributed by atoms with Gasteiger partial charge in [-0.3, -0.25) is 14.5 Å². The molecule has 0 radical (unpaired) electrons. The third-order valence-corrected chi connectivity index (χ3v) is 6.18. The van der Waals surface area contributed by atoms with Crippen molar-refractivity contribution in [3.8, 4) is 0 Å². The van der Waals surface area contributed by atoms with Gasteiger partial charge in [0.2, 0.25) is 15.9 Å². The number of carbonyl (C=O) groups is 2. The zero-order chi connectivity index (χ0) is 14.0. The van der Waals surface area contributed by atoms with Crippen molar-refractivity contribution in [1.29, 1.82) is 0 Å². The van der Waals surface area contributed by atoms with Gasteiger partial charge in [-0.05, 0) is 12.8 Å². The number of sulfonamides is 1. The average Bonchev–Trinajstić information content (AvgIpc) is 2.94. The van der Waals surface area contributed by atoms with Gasteiger partial charge >= 0.3 is 0 Å². The lowest BCUT2D eigenvalue weighted by molar-refractivity contribution is -0.126. The van der Waals surface area contributed by atoms with Gasteiger partial charge in [0.05, 0.1) is 17.5 Å². The van der Waals surface area contributed by atoms with Crippen LogP contribution in [-0.4, -0.2) is 59.4 Å². The highest BCUT2D eigenvalue weighted by molar-refractivity contribution is 8.14. The molecular weight excluding hydrogens is 288 g/mol. The number of imide groups is 1. The lowest BCUT2D eigenvalue weighted by Gasteiger charge is -2.21. The molecule has 2 rings (SSSR count). The third kappa shape index (κ3) is 3.11. The number of carbonyl (C=O) groups excluding carboxylic acids is 2. The Morgan fingerprint density at radius 2 is 2.11 bits per heavy atom. The van der Waals surface area contributed by atoms with Crippen LogP contribution >= 0.6 is 11.8 Å². The van der Waals surface area contributed by atoms with E-state index in [1.807, 2.05) is 6.92 Å². The average molecular weight is 306 g/mol. The first-order chi connectivity index (χ1) is 8.95. The van der Waals surface area contributed by atoms with Gasteiger partial charge in [0, 0.05) is 13.1 Å². The number of nitrogens with zero attached hydrogens (tertiary/aromatic N) is 2. The van der Waals surface area contributed by atoms with Crippen LogP contribution in [0.4, 0.5) is 4.79 Å². The maximum atomic E-state index is 12.0. The van der Waals surface area contributed by atoms with Crippen LogP contribution in [0.5, 0.6) is 0 Å². The zero-order valence-electron chi connectivity index (χ0n) is 10.9. The molecule has 0 aromatic rings. The molecule has 0 spiro atoms. The maximum absolute atomic E-state index is 12.0. The quantitative estimate of drug-likeness (QED) is 0.754. The summed E-state index contributed by atoms with van der Waals surface area (Å²) in [6.07, 6.45) is 2.01. The molecule has 2 aliphatic rings. The monoisotopic (exact) mass is 306 g/mol. The predicted octanol–water partition coefficient (Wildman–Crippen LogP) is 0.886. The van der Waals surface area contributed by atoms with Crippen LogP contribution in [0.1, 0.15) is 26.2 Å². The highest BCUT2D eigenvalue weighted by Gasteiger charge is 2.41. The third-order valence-electron chi connectivity index (χ3n) is 3.43. The summed E-state index contributed by atoms with van der Waals surface area (Å²) in [5.74, 6) is 0.123. The van der Waals surface area contributed by atoms with Crippen LogP contribution in [0.25, 0.3) is 0 Å². The molecule has 2 fully saturated rings. The van der Waals surface area contributed by atoms with E-state index < -0.39 is 10.0 Å². The Morgan fingerprint density at radius 1 is 1.37 bits per heavy atom. The van der Waals surface area contributed by atoms with Gasteiger partial charge in [0.25, 0.3) is 5.24 Å². The van der Waals surface area contributed by atoms with Gasteiger partial charge in [-0.2, -0.15) is 4.31 Å². The molecule has 0 saturated carbocycles. The summed E-state index contributed by atoms with van der Waals surface area (Å²) in [4.78, 5) is 24.5. The van der Waals surface area contributed by atoms with E-state index in [0.29, 0.717) is 19.4 Å². The summed E-state index contributed by atoms with van der Waals surface area (Å²) in [7, 11) is -3.24. The molecule has 0 aliphatic carbocycles. The van der Waals surface area contributed by atoms with E-state index in [1.165, 1.54) is 9.21 Å². The van der Waals surface area contributed by atoms with E-state index >= 15 is 0 Å². The molecule has 1 atom stereocenters. The summed E-state index contributed by atoms with van der Waals surface area (Å²) in [5.41, 5.74) is 0. The second-order valence-electron chi connectivity index (χ2n) is 4.79. The standard InChI is InChI=1S/C11H18N2O4S2/c1-2-3-6-19(16,17)12-5-4-9(7-12)13-10(14)8-18-11(13)15/h9H,2-8H2,1H3. The maximum Gasteiger partial charge on any atom is 0.289 e. The van der Waals surface area contributed by atoms with Gasteiger partial charge < -0.3 is 0 Å². The molecule has 1 unspecified atom stereocenters. The zero-order valence-corrected chi connectivity index (χ0v) is 12.5. The van der Waals surface area contributed by atoms with Gasteiger partial charge in [-0.25, -0.2) is 8.42 Å². The van der Waals surface area contributed by atoms with Crippen molar-refractivity contribution in [3.05, 3.63) is 0 Å². The summed E-state index contributed by atoms with van der Waals surface area (Å²) >= 11 is 0.992. The first-order valence-corrected chi connectivity index (χ1v) is 9.02. The molecule has 0 aromatic carbocycles. The highest BCUT2D eigenvalue weighted by atomic mass is 32.2. The predicted molar refractivity (Wildman–Crippen MR) is 73.4 cm³/mol. The molecule has 2 saturated heterocycles. The number of hydrogen-bond donors (Lipinski definition) is 0. The van der Waals surface area contributed by atoms with Crippen LogP contribution in [-0.2, 0) is 14.8 Å². The van der Waals surface area contributed by atoms with Crippen molar-refractivity contribution in [1.82, 2.24) is 9.21 Å². The van der Waals surface area contributed by atoms with E-state index in [0.717, 1.165) is 18.2 Å². The lowest BCUT2D eigenvalue weighted by Crippen LogP contribution is -2.42. The van der Waals surface area contributed by atoms with E-state index in [-0.39, 0.29) is 35.2 Å². The number of thioether (sulfide) groups is 1. The minimum absolute atomic E-state index is 0.146. The molecule has 2 amide bonds. The molecule has 0 bridgehead atoms. The number of unbranched alkanes of at least 4 members (excludes halogenated alkanes) is 1. The Kier molecular flexibility index (Phi) is 4.52. The summed E-state index contributed by atoms with van der Waals surface area (Å²) in [6, 6.07) is -0.286. The summed E-state index contributed by atoms with van der Waals surface area (Å²) in [5, 5.41) is -0.247. The Labute approximate surface area is 117 Å². The second-order valence-corrected chi connectivity index (χ2v) is 7.80. The fraction of sp³-hybridized carbons (Fsp3) is 0.818. The Morgan fingerprint density at radius 3 is 2.68 bits per heavy atom. The van der Waals surface area contributed by atoms with Crippen LogP contribution in [0.3, 0.4) is 0 Å². The topological polar surface area (TPSA) is 74.8 Å². The summed E-state index contributed by atoms with van der Waals surface area (Å²) in [6.45, 7) is 2.60. The lowest BCUT2D eigenvalue weighted by atomic mass is 10.2. The molecule has 2 heterocycles. The van der Waals surface area contributed by atoms with Crippen molar-refractivity contribution in [2.45, 2.75) is 32.2 Å². The smallest absolute Gasteiger partial charge is 0.273 e. The van der Waals surface area contributed by atoms with E-state index in [4.69, 9.17) is 0 Å². The highest BCUT2D eigenvalue weighted by Crippen LogP contribution is 2.27. The van der Waals surface area contributed by atoms with Crippen LogP contribution < -0.4 is 0 Å². The molecule has 6 nitrogen and oxygen atoms in total. The molecular formula is C11H18N2O4S2. The van der Waals surface area contributed by atoms with Crippen LogP contribution in [0, 0.1) is 0 Å². The van der Waals surface area contributed by atoms with Crippen LogP contribution in [0.2, 0.25) is 0 Å². The van der Waals surface area contributed by atoms with Gasteiger partial charge in [0.15, 0.2) is 0 Å². The van der Waals surface area contributed by atoms with Gasteiger partial charge in [-0.15, -0.1) is 0 Å². The van der Waals surface area contributed by atoms with E-state index in [1.54, 1.807) is 0 Å². The fourth-order valence-corrected chi connectivity index (χ4v) is 4.82. The van der Waals surface area contributed by atoms with Crippen molar-refractivity contribution < 1.29 is 18.0 Å². The first-order valence-electron chi connectivity index (χ1n) is 6.42. The van der Waals surface area contributed by atoms with Crippen molar-refractivity contribution >= 4 is 32.9 Å². The van der Waals surface area contributed by atoms with Crippen LogP contribution in [0.15, 0.2) is 0 Å². The van der Waals surface area contributed by atoms with Crippen molar-refractivity contribution in [2.24, 2.45) is 0 Å². The Hall–Kier alpha value is -0.600. The summed E-state index contributed by atoms with van der Waals surface area (Å²) < 4.78 is 25.5. The minimum atomic E-state index is -3.24. The SMILES string of the molecule is CCCCS(=O)(=O)N1CCC(N2C(=O)CSC2=O)C1. The largest absolute Gasteiger partial charge is 0.289 e. The molecule has 0 N–H and O–H groups in total. The molecule has 8 heteroatoms. The van der Waals surface area contributed by atoms with Crippen molar-refractivity contribution in [3.63, 3.8) is 0 Å². The van der Waals surface area contributed by atoms with E-state index in [2.05, 4.69) is 0 Å². The number of rotatable bonds is 5. The second kappa shape index (κ2) is 5.80. The molecule has 2 aliphatic heterocycles. The molecule has 108 valence electrons.